The second-order valence-electron chi connectivity index (χ2n) is 33.2. The lowest BCUT2D eigenvalue weighted by molar-refractivity contribution is -0.231. The van der Waals surface area contributed by atoms with Crippen LogP contribution in [-0.4, -0.2) is 316 Å². The Labute approximate surface area is 676 Å². The predicted octanol–water partition coefficient (Wildman–Crippen LogP) is -3.33. The largest absolute Gasteiger partial charge is 0.496 e. The van der Waals surface area contributed by atoms with Crippen LogP contribution in [0, 0.1) is 17.3 Å². The zero-order valence-electron chi connectivity index (χ0n) is 67.3. The number of hydrogen-bond acceptors (Lipinski definition) is 26. The van der Waals surface area contributed by atoms with Crippen molar-refractivity contribution in [1.29, 1.82) is 0 Å². The summed E-state index contributed by atoms with van der Waals surface area (Å²) in [5.41, 5.74) is 1.42. The normalized spacial score (nSPS) is 30.0. The van der Waals surface area contributed by atoms with E-state index in [1.165, 1.54) is 21.1 Å². The number of benzene rings is 2. The van der Waals surface area contributed by atoms with Gasteiger partial charge in [0.2, 0.25) is 58.8 Å². The first kappa shape index (κ1) is 86.9. The Bertz CT molecular complexity index is 4350. The van der Waals surface area contributed by atoms with Crippen LogP contribution in [0.15, 0.2) is 48.6 Å². The fourth-order valence-corrected chi connectivity index (χ4v) is 21.2. The summed E-state index contributed by atoms with van der Waals surface area (Å²) in [5, 5.41) is 94.1. The van der Waals surface area contributed by atoms with Gasteiger partial charge in [-0.15, -0.1) is 0 Å². The Kier molecular flexibility index (Phi) is 26.2. The molecule has 8 unspecified atom stereocenters. The van der Waals surface area contributed by atoms with Gasteiger partial charge < -0.3 is 112 Å². The molecule has 36 nitrogen and oxygen atoms in total. The number of primary amides is 1. The number of hydrogen-bond donors (Lipinski definition) is 15. The van der Waals surface area contributed by atoms with Gasteiger partial charge in [-0.25, -0.2) is 9.59 Å². The first-order valence-corrected chi connectivity index (χ1v) is 40.7. The monoisotopic (exact) mass is 1640 g/mol. The highest BCUT2D eigenvalue weighted by Gasteiger charge is 2.81. The van der Waals surface area contributed by atoms with Crippen molar-refractivity contribution in [3.63, 3.8) is 0 Å². The molecule has 2 aromatic carbocycles. The van der Waals surface area contributed by atoms with Crippen LogP contribution in [0.3, 0.4) is 0 Å². The number of β-amino-alcohol motifs (C(OH)–C–C–N with tert-alkyl or cyclic N) is 1. The van der Waals surface area contributed by atoms with Gasteiger partial charge in [-0.2, -0.15) is 0 Å². The van der Waals surface area contributed by atoms with Gasteiger partial charge in [0.1, 0.15) is 59.5 Å². The van der Waals surface area contributed by atoms with Gasteiger partial charge in [0, 0.05) is 117 Å². The Morgan fingerprint density at radius 2 is 1.32 bits per heavy atom. The summed E-state index contributed by atoms with van der Waals surface area (Å²) < 4.78 is 24.9. The molecule has 2 aliphatic carbocycles. The van der Waals surface area contributed by atoms with E-state index < -0.39 is 216 Å². The number of rotatable bonds is 29. The first-order chi connectivity index (χ1) is 55.8. The van der Waals surface area contributed by atoms with Crippen LogP contribution in [-0.2, 0) is 89.0 Å². The number of amides is 9. The molecule has 19 atom stereocenters. The average Bonchev–Trinajstić information content (AvgIpc) is 1.51. The molecular formula is C81H113N13O23. The molecule has 9 amide bonds. The Morgan fingerprint density at radius 3 is 1.96 bits per heavy atom. The number of carbonyl (C=O) groups is 12. The summed E-state index contributed by atoms with van der Waals surface area (Å²) >= 11 is 0. The van der Waals surface area contributed by atoms with Crippen LogP contribution in [0.2, 0.25) is 0 Å². The Hall–Kier alpha value is -9.40. The molecule has 640 valence electrons. The zero-order chi connectivity index (χ0) is 84.5. The van der Waals surface area contributed by atoms with Gasteiger partial charge in [0.25, 0.3) is 0 Å². The molecule has 36 heteroatoms. The van der Waals surface area contributed by atoms with Crippen molar-refractivity contribution >= 4 is 87.7 Å². The number of likely N-dealkylation sites (N-methyl/N-ethyl adjacent to an activating group) is 1. The lowest BCUT2D eigenvalue weighted by atomic mass is 9.47. The van der Waals surface area contributed by atoms with Gasteiger partial charge in [-0.3, -0.25) is 57.7 Å². The summed E-state index contributed by atoms with van der Waals surface area (Å²) in [6.45, 7) is 2.84. The second kappa shape index (κ2) is 35.3. The molecule has 7 aliphatic heterocycles. The molecule has 1 spiro atoms. The van der Waals surface area contributed by atoms with E-state index in [4.69, 9.17) is 24.7 Å². The van der Waals surface area contributed by atoms with Gasteiger partial charge in [-0.05, 0) is 112 Å². The fourth-order valence-electron chi connectivity index (χ4n) is 21.2. The van der Waals surface area contributed by atoms with Gasteiger partial charge in [0.15, 0.2) is 6.10 Å². The van der Waals surface area contributed by atoms with Crippen molar-refractivity contribution in [2.75, 3.05) is 106 Å². The predicted molar refractivity (Wildman–Crippen MR) is 416 cm³/mol. The number of esters is 3. The molecule has 2 saturated carbocycles. The summed E-state index contributed by atoms with van der Waals surface area (Å²) in [4.78, 5) is 182. The number of carbonyl (C=O) groups excluding carboxylic acids is 12. The number of anilines is 1. The number of aliphatic hydroxyl groups is 7. The van der Waals surface area contributed by atoms with Crippen molar-refractivity contribution in [3.8, 4) is 5.75 Å². The van der Waals surface area contributed by atoms with Gasteiger partial charge in [-0.1, -0.05) is 63.5 Å². The van der Waals surface area contributed by atoms with Crippen LogP contribution < -0.4 is 47.3 Å². The standard InChI is InChI=1S/C81H113N13O23/c1-8-77(112)34-44-35-80(75(110)115-6,63-48(24-29-91(36-44)42-77)47-19-13-14-20-51(47)83-63)50-32-49-58(33-60(50)114-5)90(4)73-79(49)26-30-92-27-16-25-78(9-2,72(79)92)74(81(73,113)76(111)116-7)117-71(109)57-21-15-28-93(57)70(108)56(41-98)88-66(104)53(38-95)85-64(102)52(22-23-61(82)101)84-69(107)62(45-17-11-10-12-18-45)89-67(105)55(40-97)86-65(103)54(39-96)87-68(106)59-31-46(100)37-94(59)43(3)99/h13-14,16,19-20,25,32-33,44-46,52-57,59,62,72-74,83,95-98,100,112-113H,8-12,15,17-18,21-24,26-31,34-42H2,1-7H3,(H2,82,101)(H,84,107)(H,85,102)(H,86,103)(H,87,106)(H,88,104)(H,89,105)/t44?,46-,52-,53-,54-,55-,56-,57?,59?,62?,72?,73?,74-,77-,78-,79?,80-,81+/m0/s1. The minimum absolute atomic E-state index is 0.0379. The van der Waals surface area contributed by atoms with E-state index in [9.17, 15) is 78.9 Å². The number of para-hydroxylation sites is 1. The molecule has 1 aromatic heterocycles. The third-order valence-corrected chi connectivity index (χ3v) is 26.6. The topological polar surface area (TPSA) is 514 Å². The van der Waals surface area contributed by atoms with E-state index in [1.807, 2.05) is 62.4 Å². The number of nitrogens with one attached hydrogen (secondary N) is 7. The number of nitrogens with zero attached hydrogens (tertiary/aromatic N) is 5. The molecule has 6 fully saturated rings. The number of ether oxygens (including phenoxy) is 4. The van der Waals surface area contributed by atoms with E-state index in [2.05, 4.69) is 46.7 Å². The fraction of sp³-hybridized carbons (Fsp3) is 0.654. The molecular weight excluding hydrogens is 1520 g/mol. The summed E-state index contributed by atoms with van der Waals surface area (Å²) in [7, 11) is 5.72. The molecule has 12 rings (SSSR count). The molecule has 4 saturated heterocycles. The molecule has 9 aliphatic rings. The number of aromatic amines is 1. The van der Waals surface area contributed by atoms with Gasteiger partial charge in [0.05, 0.1) is 65.5 Å². The number of nitrogens with two attached hydrogens (primary N) is 1. The van der Waals surface area contributed by atoms with E-state index in [0.717, 1.165) is 39.8 Å². The number of H-pyrrole nitrogens is 1. The number of aliphatic hydroxyl groups excluding tert-OH is 5. The third-order valence-electron chi connectivity index (χ3n) is 26.6. The lowest BCUT2D eigenvalue weighted by Gasteiger charge is -2.63. The van der Waals surface area contributed by atoms with Crippen LogP contribution in [0.4, 0.5) is 5.69 Å². The summed E-state index contributed by atoms with van der Waals surface area (Å²) in [6.07, 6.45) is 4.66. The van der Waals surface area contributed by atoms with Crippen molar-refractivity contribution < 1.29 is 112 Å². The molecule has 8 heterocycles. The van der Waals surface area contributed by atoms with E-state index in [-0.39, 0.29) is 51.1 Å². The van der Waals surface area contributed by atoms with Crippen molar-refractivity contribution in [3.05, 3.63) is 70.9 Å². The molecule has 2 bridgehead atoms. The maximum absolute atomic E-state index is 15.8. The quantitative estimate of drug-likeness (QED) is 0.0184. The highest BCUT2D eigenvalue weighted by Crippen LogP contribution is 2.68. The second-order valence-corrected chi connectivity index (χ2v) is 33.2. The van der Waals surface area contributed by atoms with Crippen LogP contribution in [0.25, 0.3) is 10.9 Å². The Balaban J connectivity index is 0.784. The number of likely N-dealkylation sites (tertiary alicyclic amines) is 2. The summed E-state index contributed by atoms with van der Waals surface area (Å²) in [6, 6.07) is -3.51. The van der Waals surface area contributed by atoms with E-state index in [1.54, 1.807) is 11.9 Å². The summed E-state index contributed by atoms with van der Waals surface area (Å²) in [5.74, 6) is -12.4. The first-order valence-electron chi connectivity index (χ1n) is 40.7. The minimum atomic E-state index is -2.74. The third kappa shape index (κ3) is 15.8. The number of fused-ring (bicyclic) bond motifs is 6. The van der Waals surface area contributed by atoms with Crippen molar-refractivity contribution in [1.82, 2.24) is 56.5 Å². The Morgan fingerprint density at radius 1 is 0.684 bits per heavy atom. The highest BCUT2D eigenvalue weighted by atomic mass is 16.6. The average molecular weight is 1640 g/mol. The molecule has 0 radical (unpaired) electrons. The van der Waals surface area contributed by atoms with Crippen molar-refractivity contribution in [2.45, 2.75) is 218 Å². The number of aromatic nitrogens is 1. The SMILES string of the molecule is CC[C@]1(O)CC2CN(CCc3c([nH]c4ccccc34)[C@@](C(=O)OC)(c3cc4c(cc3OC)N(C)C3C45CCN4CC=C[C@@](CC)(C45)[C@H](OC(=O)C4CCCN4C(=O)[C@H](CO)NC(=O)[C@H](CO)NC(=O)[C@H](CCC(N)=O)NC(=O)C(NC(=O)[C@H](CO)NC(=O)[C@H](CO)NC(=O)C4C[C@H](O)CN4C(C)=O)C4CCCCC4)[C@@]3(O)C(=O)OC)C2)C1. The lowest BCUT2D eigenvalue weighted by Crippen LogP contribution is -2.81. The number of piperidine rings is 1. The molecule has 117 heavy (non-hydrogen) atoms. The minimum Gasteiger partial charge on any atom is -0.496 e. The maximum atomic E-state index is 15.8. The van der Waals surface area contributed by atoms with E-state index >= 15 is 14.4 Å². The van der Waals surface area contributed by atoms with Crippen LogP contribution in [0.5, 0.6) is 5.75 Å². The smallest absolute Gasteiger partial charge is 0.344 e. The molecule has 16 N–H and O–H groups in total. The van der Waals surface area contributed by atoms with Crippen LogP contribution in [0.1, 0.15) is 139 Å². The van der Waals surface area contributed by atoms with E-state index in [0.29, 0.717) is 112 Å². The maximum Gasteiger partial charge on any atom is 0.344 e. The van der Waals surface area contributed by atoms with Gasteiger partial charge >= 0.3 is 17.9 Å². The number of methoxy groups -OCH3 is 3. The molecule has 3 aromatic rings. The van der Waals surface area contributed by atoms with Crippen LogP contribution >= 0.6 is 0 Å². The van der Waals surface area contributed by atoms with Crippen molar-refractivity contribution in [2.24, 2.45) is 23.0 Å². The zero-order valence-corrected chi connectivity index (χ0v) is 67.3. The highest BCUT2D eigenvalue weighted by molar-refractivity contribution is 6.00.